The molecule has 2 heterocycles. The minimum atomic E-state index is -0.233. The lowest BCUT2D eigenvalue weighted by Gasteiger charge is -2.08. The van der Waals surface area contributed by atoms with E-state index in [1.54, 1.807) is 12.3 Å². The van der Waals surface area contributed by atoms with Crippen molar-refractivity contribution < 1.29 is 9.90 Å². The molecule has 0 atom stereocenters. The molecule has 1 amide bonds. The van der Waals surface area contributed by atoms with Gasteiger partial charge in [0.2, 0.25) is 0 Å². The third-order valence-electron chi connectivity index (χ3n) is 2.71. The number of nitrogens with zero attached hydrogens (tertiary/aromatic N) is 1. The Labute approximate surface area is 105 Å². The van der Waals surface area contributed by atoms with Crippen LogP contribution in [0, 0.1) is 13.8 Å². The molecule has 0 aliphatic heterocycles. The second-order valence-corrected chi connectivity index (χ2v) is 4.16. The molecule has 0 aliphatic rings. The second-order valence-electron chi connectivity index (χ2n) is 4.16. The number of aromatic nitrogens is 2. The summed E-state index contributed by atoms with van der Waals surface area (Å²) in [5.74, 6) is -0.233. The van der Waals surface area contributed by atoms with E-state index in [2.05, 4.69) is 15.3 Å². The summed E-state index contributed by atoms with van der Waals surface area (Å²) in [6.45, 7) is 3.63. The van der Waals surface area contributed by atoms with E-state index in [0.29, 0.717) is 16.9 Å². The maximum atomic E-state index is 12.1. The highest BCUT2D eigenvalue weighted by Crippen LogP contribution is 2.16. The molecule has 5 heteroatoms. The summed E-state index contributed by atoms with van der Waals surface area (Å²) in [5.41, 5.74) is 3.52. The maximum Gasteiger partial charge on any atom is 0.272 e. The summed E-state index contributed by atoms with van der Waals surface area (Å²) in [7, 11) is 0. The summed E-state index contributed by atoms with van der Waals surface area (Å²) < 4.78 is 0. The normalized spacial score (nSPS) is 10.4. The molecule has 0 radical (unpaired) electrons. The molecule has 0 spiro atoms. The molecular formula is C13H15N3O2. The number of carbonyl (C=O) groups excluding carboxylic acids is 1. The van der Waals surface area contributed by atoms with Crippen molar-refractivity contribution in [3.8, 4) is 0 Å². The van der Waals surface area contributed by atoms with Crippen molar-refractivity contribution in [1.82, 2.24) is 9.97 Å². The largest absolute Gasteiger partial charge is 0.392 e. The van der Waals surface area contributed by atoms with Crippen LogP contribution in [0.3, 0.4) is 0 Å². The van der Waals surface area contributed by atoms with Gasteiger partial charge in [-0.05, 0) is 31.5 Å². The molecule has 2 aromatic heterocycles. The zero-order valence-electron chi connectivity index (χ0n) is 10.3. The van der Waals surface area contributed by atoms with Crippen molar-refractivity contribution in [1.29, 1.82) is 0 Å². The molecule has 0 saturated heterocycles. The number of carbonyl (C=O) groups is 1. The van der Waals surface area contributed by atoms with E-state index in [1.165, 1.54) is 6.20 Å². The van der Waals surface area contributed by atoms with Gasteiger partial charge in [0.05, 0.1) is 18.5 Å². The molecule has 0 unspecified atom stereocenters. The summed E-state index contributed by atoms with van der Waals surface area (Å²) in [4.78, 5) is 19.0. The van der Waals surface area contributed by atoms with Gasteiger partial charge >= 0.3 is 0 Å². The number of aryl methyl sites for hydroxylation is 2. The lowest BCUT2D eigenvalue weighted by molar-refractivity contribution is 0.102. The number of hydrogen-bond acceptors (Lipinski definition) is 3. The van der Waals surface area contributed by atoms with Gasteiger partial charge in [-0.1, -0.05) is 0 Å². The monoisotopic (exact) mass is 245 g/mol. The van der Waals surface area contributed by atoms with Crippen LogP contribution in [0.2, 0.25) is 0 Å². The van der Waals surface area contributed by atoms with E-state index >= 15 is 0 Å². The van der Waals surface area contributed by atoms with Crippen molar-refractivity contribution in [2.75, 3.05) is 5.32 Å². The Morgan fingerprint density at radius 2 is 2.28 bits per heavy atom. The standard InChI is InChI=1S/C13H15N3O2/c1-8-5-9(2)15-12(8)13(18)16-11-6-14-4-3-10(11)7-17/h3-6,15,17H,7H2,1-2H3,(H,16,18). The van der Waals surface area contributed by atoms with Crippen LogP contribution < -0.4 is 5.32 Å². The quantitative estimate of drug-likeness (QED) is 0.771. The van der Waals surface area contributed by atoms with E-state index in [4.69, 9.17) is 0 Å². The van der Waals surface area contributed by atoms with Crippen molar-refractivity contribution in [2.45, 2.75) is 20.5 Å². The molecular weight excluding hydrogens is 230 g/mol. The molecule has 0 aliphatic carbocycles. The van der Waals surface area contributed by atoms with E-state index in [-0.39, 0.29) is 12.5 Å². The van der Waals surface area contributed by atoms with Crippen molar-refractivity contribution in [2.24, 2.45) is 0 Å². The molecule has 2 rings (SSSR count). The molecule has 3 N–H and O–H groups in total. The number of amides is 1. The molecule has 18 heavy (non-hydrogen) atoms. The van der Waals surface area contributed by atoms with Crippen LogP contribution >= 0.6 is 0 Å². The highest BCUT2D eigenvalue weighted by Gasteiger charge is 2.13. The number of aliphatic hydroxyl groups excluding tert-OH is 1. The fourth-order valence-electron chi connectivity index (χ4n) is 1.82. The third kappa shape index (κ3) is 2.41. The Balaban J connectivity index is 2.24. The van der Waals surface area contributed by atoms with Crippen LogP contribution in [-0.2, 0) is 6.61 Å². The van der Waals surface area contributed by atoms with E-state index < -0.39 is 0 Å². The first-order valence-corrected chi connectivity index (χ1v) is 5.63. The predicted molar refractivity (Wildman–Crippen MR) is 68.4 cm³/mol. The molecule has 2 aromatic rings. The fourth-order valence-corrected chi connectivity index (χ4v) is 1.82. The van der Waals surface area contributed by atoms with Crippen LogP contribution in [0.25, 0.3) is 0 Å². The fraction of sp³-hybridized carbons (Fsp3) is 0.231. The van der Waals surface area contributed by atoms with Crippen LogP contribution in [0.1, 0.15) is 27.3 Å². The predicted octanol–water partition coefficient (Wildman–Crippen LogP) is 1.77. The Bertz CT molecular complexity index is 575. The Kier molecular flexibility index (Phi) is 3.43. The molecule has 0 bridgehead atoms. The summed E-state index contributed by atoms with van der Waals surface area (Å²) >= 11 is 0. The first kappa shape index (κ1) is 12.3. The average Bonchev–Trinajstić information content (AvgIpc) is 2.69. The minimum absolute atomic E-state index is 0.138. The number of H-pyrrole nitrogens is 1. The van der Waals surface area contributed by atoms with E-state index in [1.807, 2.05) is 19.9 Å². The number of anilines is 1. The topological polar surface area (TPSA) is 78.0 Å². The number of aromatic amines is 1. The Morgan fingerprint density at radius 1 is 1.50 bits per heavy atom. The second kappa shape index (κ2) is 5.01. The van der Waals surface area contributed by atoms with Crippen molar-refractivity contribution >= 4 is 11.6 Å². The van der Waals surface area contributed by atoms with Gasteiger partial charge in [-0.2, -0.15) is 0 Å². The Morgan fingerprint density at radius 3 is 2.89 bits per heavy atom. The van der Waals surface area contributed by atoms with E-state index in [9.17, 15) is 9.90 Å². The minimum Gasteiger partial charge on any atom is -0.392 e. The van der Waals surface area contributed by atoms with Gasteiger partial charge in [0.15, 0.2) is 0 Å². The number of rotatable bonds is 3. The van der Waals surface area contributed by atoms with Gasteiger partial charge in [-0.3, -0.25) is 9.78 Å². The summed E-state index contributed by atoms with van der Waals surface area (Å²) in [6, 6.07) is 3.58. The first-order valence-electron chi connectivity index (χ1n) is 5.63. The Hall–Kier alpha value is -2.14. The average molecular weight is 245 g/mol. The number of aliphatic hydroxyl groups is 1. The van der Waals surface area contributed by atoms with Gasteiger partial charge in [0.25, 0.3) is 5.91 Å². The zero-order chi connectivity index (χ0) is 13.1. The van der Waals surface area contributed by atoms with Crippen LogP contribution in [0.15, 0.2) is 24.5 Å². The van der Waals surface area contributed by atoms with Crippen LogP contribution in [0.5, 0.6) is 0 Å². The lowest BCUT2D eigenvalue weighted by Crippen LogP contribution is -2.15. The smallest absolute Gasteiger partial charge is 0.272 e. The van der Waals surface area contributed by atoms with Gasteiger partial charge in [-0.15, -0.1) is 0 Å². The summed E-state index contributed by atoms with van der Waals surface area (Å²) in [5, 5.41) is 11.9. The lowest BCUT2D eigenvalue weighted by atomic mass is 10.2. The molecule has 5 nitrogen and oxygen atoms in total. The van der Waals surface area contributed by atoms with Crippen LogP contribution in [0.4, 0.5) is 5.69 Å². The molecule has 0 saturated carbocycles. The van der Waals surface area contributed by atoms with Gasteiger partial charge in [0, 0.05) is 17.5 Å². The molecule has 0 aromatic carbocycles. The van der Waals surface area contributed by atoms with Gasteiger partial charge in [-0.25, -0.2) is 0 Å². The zero-order valence-corrected chi connectivity index (χ0v) is 10.3. The van der Waals surface area contributed by atoms with Crippen molar-refractivity contribution in [3.05, 3.63) is 47.0 Å². The number of nitrogens with one attached hydrogen (secondary N) is 2. The molecule has 0 fully saturated rings. The van der Waals surface area contributed by atoms with Gasteiger partial charge < -0.3 is 15.4 Å². The first-order chi connectivity index (χ1) is 8.61. The number of pyridine rings is 1. The van der Waals surface area contributed by atoms with E-state index in [0.717, 1.165) is 11.3 Å². The van der Waals surface area contributed by atoms with Crippen molar-refractivity contribution in [3.63, 3.8) is 0 Å². The maximum absolute atomic E-state index is 12.1. The SMILES string of the molecule is Cc1cc(C)c(C(=O)Nc2cnccc2CO)[nH]1. The third-order valence-corrected chi connectivity index (χ3v) is 2.71. The number of hydrogen-bond donors (Lipinski definition) is 3. The van der Waals surface area contributed by atoms with Crippen LogP contribution in [-0.4, -0.2) is 21.0 Å². The molecule has 94 valence electrons. The highest BCUT2D eigenvalue weighted by atomic mass is 16.3. The van der Waals surface area contributed by atoms with Gasteiger partial charge in [0.1, 0.15) is 5.69 Å². The highest BCUT2D eigenvalue weighted by molar-refractivity contribution is 6.04. The summed E-state index contributed by atoms with van der Waals surface area (Å²) in [6.07, 6.45) is 3.10.